The highest BCUT2D eigenvalue weighted by Gasteiger charge is 2.20. The quantitative estimate of drug-likeness (QED) is 0.814. The molecule has 0 radical (unpaired) electrons. The van der Waals surface area contributed by atoms with Gasteiger partial charge in [0, 0.05) is 24.6 Å². The highest BCUT2D eigenvalue weighted by molar-refractivity contribution is 9.10. The molecule has 0 amide bonds. The predicted octanol–water partition coefficient (Wildman–Crippen LogP) is 3.14. The summed E-state index contributed by atoms with van der Waals surface area (Å²) in [5.41, 5.74) is -0.0891. The van der Waals surface area contributed by atoms with Gasteiger partial charge in [0.1, 0.15) is 16.2 Å². The second-order valence-corrected chi connectivity index (χ2v) is 6.50. The number of aliphatic hydroxyl groups is 1. The molecule has 0 saturated heterocycles. The normalized spacial score (nSPS) is 11.7. The van der Waals surface area contributed by atoms with E-state index in [9.17, 15) is 5.11 Å². The summed E-state index contributed by atoms with van der Waals surface area (Å²) in [5, 5.41) is 9.20. The summed E-state index contributed by atoms with van der Waals surface area (Å²) >= 11 is 3.45. The summed E-state index contributed by atoms with van der Waals surface area (Å²) in [7, 11) is 0. The van der Waals surface area contributed by atoms with Crippen molar-refractivity contribution in [1.82, 2.24) is 9.97 Å². The summed E-state index contributed by atoms with van der Waals surface area (Å²) in [5.74, 6) is 1.70. The van der Waals surface area contributed by atoms with Crippen LogP contribution in [0.2, 0.25) is 0 Å². The molecule has 5 heteroatoms. The molecule has 0 atom stereocenters. The smallest absolute Gasteiger partial charge is 0.137 e. The van der Waals surface area contributed by atoms with Crippen LogP contribution in [0.5, 0.6) is 0 Å². The predicted molar refractivity (Wildman–Crippen MR) is 82.6 cm³/mol. The number of hydrogen-bond donors (Lipinski definition) is 1. The number of aliphatic hydroxyl groups excluding tert-OH is 1. The van der Waals surface area contributed by atoms with Crippen molar-refractivity contribution < 1.29 is 5.11 Å². The molecule has 0 bridgehead atoms. The molecule has 0 aliphatic heterocycles. The van der Waals surface area contributed by atoms with Gasteiger partial charge in [-0.1, -0.05) is 34.1 Å². The number of nitrogens with zero attached hydrogens (tertiary/aromatic N) is 3. The van der Waals surface area contributed by atoms with Gasteiger partial charge in [0.05, 0.1) is 6.61 Å². The zero-order valence-electron chi connectivity index (χ0n) is 12.3. The summed E-state index contributed by atoms with van der Waals surface area (Å²) in [6.07, 6.45) is 2.22. The lowest BCUT2D eigenvalue weighted by molar-refractivity contribution is 0.301. The van der Waals surface area contributed by atoms with Gasteiger partial charge in [-0.05, 0) is 22.4 Å². The van der Waals surface area contributed by atoms with Crippen LogP contribution < -0.4 is 4.90 Å². The van der Waals surface area contributed by atoms with Gasteiger partial charge in [0.25, 0.3) is 0 Å². The van der Waals surface area contributed by atoms with Crippen molar-refractivity contribution >= 4 is 21.7 Å². The summed E-state index contributed by atoms with van der Waals surface area (Å²) < 4.78 is 0.793. The fraction of sp³-hybridized carbons (Fsp3) is 0.714. The first kappa shape index (κ1) is 16.4. The Labute approximate surface area is 124 Å². The van der Waals surface area contributed by atoms with Gasteiger partial charge in [-0.25, -0.2) is 9.97 Å². The van der Waals surface area contributed by atoms with E-state index in [4.69, 9.17) is 0 Å². The van der Waals surface area contributed by atoms with Gasteiger partial charge in [-0.2, -0.15) is 0 Å². The van der Waals surface area contributed by atoms with Gasteiger partial charge in [-0.15, -0.1) is 0 Å². The first-order valence-electron chi connectivity index (χ1n) is 6.79. The number of anilines is 1. The monoisotopic (exact) mass is 329 g/mol. The van der Waals surface area contributed by atoms with Crippen molar-refractivity contribution in [3.8, 4) is 0 Å². The topological polar surface area (TPSA) is 49.2 Å². The summed E-state index contributed by atoms with van der Waals surface area (Å²) in [4.78, 5) is 11.2. The van der Waals surface area contributed by atoms with Gasteiger partial charge in [-0.3, -0.25) is 0 Å². The van der Waals surface area contributed by atoms with Gasteiger partial charge >= 0.3 is 0 Å². The van der Waals surface area contributed by atoms with Crippen LogP contribution in [0.15, 0.2) is 10.7 Å². The number of unbranched alkanes of at least 4 members (excludes halogenated alkanes) is 1. The van der Waals surface area contributed by atoms with Crippen LogP contribution in [0.3, 0.4) is 0 Å². The highest BCUT2D eigenvalue weighted by atomic mass is 79.9. The minimum Gasteiger partial charge on any atom is -0.395 e. The van der Waals surface area contributed by atoms with Crippen molar-refractivity contribution in [1.29, 1.82) is 0 Å². The molecule has 1 heterocycles. The number of aromatic nitrogens is 2. The van der Waals surface area contributed by atoms with Crippen LogP contribution in [0.25, 0.3) is 0 Å². The molecule has 1 aromatic rings. The van der Waals surface area contributed by atoms with Gasteiger partial charge < -0.3 is 10.0 Å². The molecule has 0 saturated carbocycles. The molecule has 0 unspecified atom stereocenters. The molecular weight excluding hydrogens is 306 g/mol. The maximum atomic E-state index is 9.20. The Bertz CT molecular complexity index is 404. The van der Waals surface area contributed by atoms with E-state index in [0.717, 1.165) is 35.6 Å². The SMILES string of the molecule is CCCCN(CCO)c1cc(Br)nc(C(C)(C)C)n1. The van der Waals surface area contributed by atoms with E-state index >= 15 is 0 Å². The number of rotatable bonds is 6. The highest BCUT2D eigenvalue weighted by Crippen LogP contribution is 2.24. The third kappa shape index (κ3) is 5.07. The second-order valence-electron chi connectivity index (χ2n) is 5.69. The van der Waals surface area contributed by atoms with Crippen molar-refractivity contribution in [2.24, 2.45) is 0 Å². The second kappa shape index (κ2) is 7.20. The van der Waals surface area contributed by atoms with Crippen molar-refractivity contribution in [3.63, 3.8) is 0 Å². The van der Waals surface area contributed by atoms with E-state index < -0.39 is 0 Å². The van der Waals surface area contributed by atoms with Crippen LogP contribution in [0, 0.1) is 0 Å². The Morgan fingerprint density at radius 3 is 2.47 bits per heavy atom. The minimum atomic E-state index is -0.0891. The van der Waals surface area contributed by atoms with E-state index in [2.05, 4.69) is 58.5 Å². The lowest BCUT2D eigenvalue weighted by atomic mass is 9.96. The molecule has 1 aromatic heterocycles. The molecule has 0 aromatic carbocycles. The zero-order valence-corrected chi connectivity index (χ0v) is 13.9. The molecule has 4 nitrogen and oxygen atoms in total. The van der Waals surface area contributed by atoms with Crippen LogP contribution in [-0.2, 0) is 5.41 Å². The molecule has 1 N–H and O–H groups in total. The summed E-state index contributed by atoms with van der Waals surface area (Å²) in [6.45, 7) is 10.1. The Balaban J connectivity index is 3.05. The molecule has 0 aliphatic rings. The van der Waals surface area contributed by atoms with Crippen LogP contribution in [-0.4, -0.2) is 34.8 Å². The third-order valence-corrected chi connectivity index (χ3v) is 3.23. The lowest BCUT2D eigenvalue weighted by Gasteiger charge is -2.25. The third-order valence-electron chi connectivity index (χ3n) is 2.83. The van der Waals surface area contributed by atoms with Gasteiger partial charge in [0.15, 0.2) is 0 Å². The maximum Gasteiger partial charge on any atom is 0.137 e. The van der Waals surface area contributed by atoms with E-state index in [1.807, 2.05) is 6.07 Å². The Morgan fingerprint density at radius 1 is 1.26 bits per heavy atom. The van der Waals surface area contributed by atoms with E-state index in [-0.39, 0.29) is 12.0 Å². The molecule has 0 aliphatic carbocycles. The van der Waals surface area contributed by atoms with Crippen LogP contribution >= 0.6 is 15.9 Å². The fourth-order valence-electron chi connectivity index (χ4n) is 1.71. The van der Waals surface area contributed by atoms with E-state index in [0.29, 0.717) is 6.54 Å². The molecule has 1 rings (SSSR count). The fourth-order valence-corrected chi connectivity index (χ4v) is 2.09. The average molecular weight is 330 g/mol. The van der Waals surface area contributed by atoms with Gasteiger partial charge in [0.2, 0.25) is 0 Å². The molecular formula is C14H24BrN3O. The van der Waals surface area contributed by atoms with Crippen LogP contribution in [0.4, 0.5) is 5.82 Å². The Kier molecular flexibility index (Phi) is 6.20. The molecule has 108 valence electrons. The molecule has 0 fully saturated rings. The molecule has 19 heavy (non-hydrogen) atoms. The van der Waals surface area contributed by atoms with Crippen molar-refractivity contribution in [2.45, 2.75) is 46.0 Å². The minimum absolute atomic E-state index is 0.0891. The number of halogens is 1. The Hall–Kier alpha value is -0.680. The van der Waals surface area contributed by atoms with Crippen LogP contribution in [0.1, 0.15) is 46.4 Å². The first-order chi connectivity index (χ1) is 8.88. The number of hydrogen-bond acceptors (Lipinski definition) is 4. The van der Waals surface area contributed by atoms with E-state index in [1.54, 1.807) is 0 Å². The standard InChI is InChI=1S/C14H24BrN3O/c1-5-6-7-18(8-9-19)12-10-11(15)16-13(17-12)14(2,3)4/h10,19H,5-9H2,1-4H3. The maximum absolute atomic E-state index is 9.20. The Morgan fingerprint density at radius 2 is 1.95 bits per heavy atom. The van der Waals surface area contributed by atoms with Crippen molar-refractivity contribution in [3.05, 3.63) is 16.5 Å². The summed E-state index contributed by atoms with van der Waals surface area (Å²) in [6, 6.07) is 1.92. The largest absolute Gasteiger partial charge is 0.395 e. The average Bonchev–Trinajstić information content (AvgIpc) is 2.32. The zero-order chi connectivity index (χ0) is 14.5. The van der Waals surface area contributed by atoms with Crippen molar-refractivity contribution in [2.75, 3.05) is 24.6 Å². The van der Waals surface area contributed by atoms with E-state index in [1.165, 1.54) is 0 Å². The lowest BCUT2D eigenvalue weighted by Crippen LogP contribution is -2.30. The first-order valence-corrected chi connectivity index (χ1v) is 7.58. The molecule has 0 spiro atoms.